The molecule has 0 saturated heterocycles. The van der Waals surface area contributed by atoms with Gasteiger partial charge >= 0.3 is 0 Å². The molecule has 0 spiro atoms. The van der Waals surface area contributed by atoms with Gasteiger partial charge in [0.25, 0.3) is 11.8 Å². The lowest BCUT2D eigenvalue weighted by molar-refractivity contribution is -0.115. The summed E-state index contributed by atoms with van der Waals surface area (Å²) in [6.07, 6.45) is 9.17. The lowest BCUT2D eigenvalue weighted by Crippen LogP contribution is -2.35. The van der Waals surface area contributed by atoms with Gasteiger partial charge in [0.1, 0.15) is 5.69 Å². The van der Waals surface area contributed by atoms with E-state index in [1.807, 2.05) is 6.07 Å². The quantitative estimate of drug-likeness (QED) is 0.337. The van der Waals surface area contributed by atoms with Crippen molar-refractivity contribution in [1.82, 2.24) is 30.6 Å². The number of rotatable bonds is 8. The minimum absolute atomic E-state index is 0.117. The van der Waals surface area contributed by atoms with Crippen LogP contribution in [0, 0.1) is 0 Å². The van der Waals surface area contributed by atoms with Crippen LogP contribution in [-0.2, 0) is 11.2 Å². The Kier molecular flexibility index (Phi) is 8.07. The van der Waals surface area contributed by atoms with Crippen LogP contribution in [0.1, 0.15) is 27.4 Å². The third-order valence-electron chi connectivity index (χ3n) is 4.24. The van der Waals surface area contributed by atoms with E-state index in [4.69, 9.17) is 28.9 Å². The fourth-order valence-electron chi connectivity index (χ4n) is 2.68. The molecule has 0 fully saturated rings. The summed E-state index contributed by atoms with van der Waals surface area (Å²) in [6, 6.07) is 5.37. The Hall–Kier alpha value is -3.56. The monoisotopic (exact) mass is 471 g/mol. The predicted octanol–water partition coefficient (Wildman–Crippen LogP) is 2.01. The summed E-state index contributed by atoms with van der Waals surface area (Å²) in [5.74, 6) is -0.659. The molecule has 164 valence electrons. The molecule has 4 N–H and O–H groups in total. The molecule has 0 aliphatic heterocycles. The third-order valence-corrected chi connectivity index (χ3v) is 4.98. The minimum Gasteiger partial charge on any atom is -0.404 e. The molecule has 11 heteroatoms. The topological polar surface area (TPSA) is 136 Å². The van der Waals surface area contributed by atoms with E-state index in [0.717, 1.165) is 17.3 Å². The molecule has 0 unspecified atom stereocenters. The Balaban J connectivity index is 1.52. The van der Waals surface area contributed by atoms with Crippen LogP contribution < -0.4 is 16.4 Å². The van der Waals surface area contributed by atoms with Crippen molar-refractivity contribution in [2.45, 2.75) is 6.42 Å². The number of nitrogens with zero attached hydrogens (tertiary/aromatic N) is 4. The first-order valence-corrected chi connectivity index (χ1v) is 10.2. The Morgan fingerprint density at radius 3 is 2.34 bits per heavy atom. The summed E-state index contributed by atoms with van der Waals surface area (Å²) in [5.41, 5.74) is 7.70. The van der Waals surface area contributed by atoms with Gasteiger partial charge in [0.2, 0.25) is 0 Å². The molecule has 0 bridgehead atoms. The smallest absolute Gasteiger partial charge is 0.271 e. The molecule has 2 heterocycles. The maximum absolute atomic E-state index is 12.4. The maximum atomic E-state index is 12.4. The lowest BCUT2D eigenvalue weighted by Gasteiger charge is -2.09. The van der Waals surface area contributed by atoms with E-state index in [9.17, 15) is 9.59 Å². The first-order valence-electron chi connectivity index (χ1n) is 9.47. The molecule has 0 radical (unpaired) electrons. The number of hydrogen-bond acceptors (Lipinski definition) is 7. The average molecular weight is 472 g/mol. The van der Waals surface area contributed by atoms with E-state index in [1.54, 1.807) is 24.5 Å². The zero-order valence-electron chi connectivity index (χ0n) is 16.8. The molecule has 2 aromatic heterocycles. The third kappa shape index (κ3) is 6.22. The van der Waals surface area contributed by atoms with Gasteiger partial charge in [-0.25, -0.2) is 15.0 Å². The van der Waals surface area contributed by atoms with Crippen molar-refractivity contribution in [3.05, 3.63) is 88.1 Å². The Labute approximate surface area is 194 Å². The molecule has 1 aromatic carbocycles. The highest BCUT2D eigenvalue weighted by atomic mass is 35.5. The molecule has 3 aromatic rings. The van der Waals surface area contributed by atoms with Gasteiger partial charge in [0.05, 0.1) is 21.8 Å². The molecule has 2 amide bonds. The zero-order valence-corrected chi connectivity index (χ0v) is 18.3. The number of nitrogens with one attached hydrogen (secondary N) is 2. The summed E-state index contributed by atoms with van der Waals surface area (Å²) < 4.78 is 0. The number of aromatic nitrogens is 4. The van der Waals surface area contributed by atoms with Crippen molar-refractivity contribution in [3.63, 3.8) is 0 Å². The zero-order chi connectivity index (χ0) is 22.9. The summed E-state index contributed by atoms with van der Waals surface area (Å²) >= 11 is 12.0. The molecule has 0 saturated carbocycles. The molecule has 9 nitrogen and oxygen atoms in total. The van der Waals surface area contributed by atoms with Crippen LogP contribution in [0.15, 0.2) is 55.4 Å². The van der Waals surface area contributed by atoms with Gasteiger partial charge in [-0.15, -0.1) is 0 Å². The number of benzene rings is 1. The van der Waals surface area contributed by atoms with Crippen LogP contribution in [0.2, 0.25) is 10.0 Å². The van der Waals surface area contributed by atoms with E-state index in [2.05, 4.69) is 30.6 Å². The SMILES string of the molecule is N/C=C(/C(=O)NCCNC(=O)c1cnccn1)c1ncc(Cc2ccc(Cl)c(Cl)c2)cn1. The second-order valence-corrected chi connectivity index (χ2v) is 7.34. The van der Waals surface area contributed by atoms with E-state index < -0.39 is 5.91 Å². The Bertz CT molecular complexity index is 1120. The second-order valence-electron chi connectivity index (χ2n) is 6.52. The summed E-state index contributed by atoms with van der Waals surface area (Å²) in [5, 5.41) is 6.25. The highest BCUT2D eigenvalue weighted by Crippen LogP contribution is 2.23. The van der Waals surface area contributed by atoms with Crippen molar-refractivity contribution >= 4 is 40.6 Å². The van der Waals surface area contributed by atoms with Crippen LogP contribution in [0.25, 0.3) is 5.57 Å². The average Bonchev–Trinajstić information content (AvgIpc) is 2.81. The van der Waals surface area contributed by atoms with Crippen molar-refractivity contribution in [2.24, 2.45) is 5.73 Å². The highest BCUT2D eigenvalue weighted by Gasteiger charge is 2.15. The standard InChI is InChI=1S/C21H19Cl2N7O2/c22-16-2-1-13(8-17(16)23)7-14-10-29-19(30-11-14)15(9-24)20(31)27-5-6-28-21(32)18-12-25-3-4-26-18/h1-4,8-12H,5-7,24H2,(H,27,31)(H,28,32)/b15-9+. The number of nitrogens with two attached hydrogens (primary N) is 1. The predicted molar refractivity (Wildman–Crippen MR) is 121 cm³/mol. The van der Waals surface area contributed by atoms with Crippen LogP contribution >= 0.6 is 23.2 Å². The summed E-state index contributed by atoms with van der Waals surface area (Å²) in [7, 11) is 0. The highest BCUT2D eigenvalue weighted by molar-refractivity contribution is 6.42. The fourth-order valence-corrected chi connectivity index (χ4v) is 3.00. The van der Waals surface area contributed by atoms with Crippen LogP contribution in [0.5, 0.6) is 0 Å². The largest absolute Gasteiger partial charge is 0.404 e. The van der Waals surface area contributed by atoms with Crippen molar-refractivity contribution < 1.29 is 9.59 Å². The van der Waals surface area contributed by atoms with E-state index in [0.29, 0.717) is 16.5 Å². The first kappa shape index (κ1) is 23.1. The molecule has 32 heavy (non-hydrogen) atoms. The maximum Gasteiger partial charge on any atom is 0.271 e. The Morgan fingerprint density at radius 2 is 1.69 bits per heavy atom. The number of halogens is 2. The molecule has 0 aliphatic carbocycles. The number of carbonyl (C=O) groups excluding carboxylic acids is 2. The van der Waals surface area contributed by atoms with Crippen molar-refractivity contribution in [1.29, 1.82) is 0 Å². The molecule has 0 atom stereocenters. The first-order chi connectivity index (χ1) is 15.5. The lowest BCUT2D eigenvalue weighted by atomic mass is 10.1. The minimum atomic E-state index is -0.460. The van der Waals surface area contributed by atoms with Gasteiger partial charge in [-0.05, 0) is 23.3 Å². The van der Waals surface area contributed by atoms with Crippen LogP contribution in [0.3, 0.4) is 0 Å². The van der Waals surface area contributed by atoms with Gasteiger partial charge in [-0.3, -0.25) is 14.6 Å². The fraction of sp³-hybridized carbons (Fsp3) is 0.143. The van der Waals surface area contributed by atoms with E-state index >= 15 is 0 Å². The number of hydrogen-bond donors (Lipinski definition) is 3. The normalized spacial score (nSPS) is 11.1. The molecule has 0 aliphatic rings. The van der Waals surface area contributed by atoms with Crippen LogP contribution in [0.4, 0.5) is 0 Å². The van der Waals surface area contributed by atoms with Gasteiger partial charge in [0, 0.05) is 50.5 Å². The molecule has 3 rings (SSSR count). The molecular formula is C21H19Cl2N7O2. The van der Waals surface area contributed by atoms with Crippen molar-refractivity contribution in [2.75, 3.05) is 13.1 Å². The summed E-state index contributed by atoms with van der Waals surface area (Å²) in [4.78, 5) is 40.5. The van der Waals surface area contributed by atoms with Gasteiger partial charge < -0.3 is 16.4 Å². The second kappa shape index (κ2) is 11.2. The number of amides is 2. The Morgan fingerprint density at radius 1 is 0.938 bits per heavy atom. The van der Waals surface area contributed by atoms with Crippen LogP contribution in [-0.4, -0.2) is 44.8 Å². The van der Waals surface area contributed by atoms with Gasteiger partial charge in [0.15, 0.2) is 5.82 Å². The van der Waals surface area contributed by atoms with Crippen molar-refractivity contribution in [3.8, 4) is 0 Å². The van der Waals surface area contributed by atoms with Gasteiger partial charge in [-0.2, -0.15) is 0 Å². The number of carbonyl (C=O) groups is 2. The molecular weight excluding hydrogens is 453 g/mol. The summed E-state index contributed by atoms with van der Waals surface area (Å²) in [6.45, 7) is 0.375. The van der Waals surface area contributed by atoms with E-state index in [1.165, 1.54) is 18.6 Å². The van der Waals surface area contributed by atoms with E-state index in [-0.39, 0.29) is 36.1 Å². The van der Waals surface area contributed by atoms with Gasteiger partial charge in [-0.1, -0.05) is 29.3 Å².